The maximum absolute atomic E-state index is 11.2. The summed E-state index contributed by atoms with van der Waals surface area (Å²) in [6, 6.07) is 3.23. The maximum atomic E-state index is 11.2. The number of anilines is 2. The number of rotatable bonds is 3. The average Bonchev–Trinajstić information content (AvgIpc) is 2.11. The van der Waals surface area contributed by atoms with Crippen LogP contribution in [0.3, 0.4) is 0 Å². The SMILES string of the molecule is CCOc1c(N)ccc(C(C)=O)c1N. The van der Waals surface area contributed by atoms with E-state index in [1.807, 2.05) is 6.92 Å². The van der Waals surface area contributed by atoms with E-state index in [0.29, 0.717) is 29.3 Å². The first-order chi connectivity index (χ1) is 6.57. The molecule has 4 N–H and O–H groups in total. The van der Waals surface area contributed by atoms with Crippen LogP contribution < -0.4 is 16.2 Å². The molecule has 1 aromatic carbocycles. The fourth-order valence-corrected chi connectivity index (χ4v) is 1.23. The van der Waals surface area contributed by atoms with Gasteiger partial charge in [0.05, 0.1) is 18.0 Å². The molecule has 0 saturated carbocycles. The molecular weight excluding hydrogens is 180 g/mol. The van der Waals surface area contributed by atoms with Gasteiger partial charge in [-0.15, -0.1) is 0 Å². The molecule has 0 amide bonds. The van der Waals surface area contributed by atoms with Gasteiger partial charge in [0.25, 0.3) is 0 Å². The molecule has 0 aromatic heterocycles. The number of nitrogen functional groups attached to an aromatic ring is 2. The summed E-state index contributed by atoms with van der Waals surface area (Å²) < 4.78 is 5.26. The molecule has 0 spiro atoms. The van der Waals surface area contributed by atoms with Crippen molar-refractivity contribution >= 4 is 17.2 Å². The van der Waals surface area contributed by atoms with Crippen LogP contribution in [0.1, 0.15) is 24.2 Å². The summed E-state index contributed by atoms with van der Waals surface area (Å²) in [6.45, 7) is 3.76. The van der Waals surface area contributed by atoms with Gasteiger partial charge in [0.1, 0.15) is 0 Å². The van der Waals surface area contributed by atoms with Crippen molar-refractivity contribution in [2.45, 2.75) is 13.8 Å². The standard InChI is InChI=1S/C10H14N2O2/c1-3-14-10-8(11)5-4-7(6(2)13)9(10)12/h4-5H,3,11-12H2,1-2H3. The molecule has 0 fully saturated rings. The topological polar surface area (TPSA) is 78.3 Å². The Hall–Kier alpha value is -1.71. The second-order valence-electron chi connectivity index (χ2n) is 2.93. The Balaban J connectivity index is 3.26. The number of carbonyl (C=O) groups excluding carboxylic acids is 1. The number of ether oxygens (including phenoxy) is 1. The van der Waals surface area contributed by atoms with E-state index in [1.165, 1.54) is 6.92 Å². The monoisotopic (exact) mass is 194 g/mol. The average molecular weight is 194 g/mol. The highest BCUT2D eigenvalue weighted by atomic mass is 16.5. The number of nitrogens with two attached hydrogens (primary N) is 2. The first-order valence-corrected chi connectivity index (χ1v) is 4.39. The van der Waals surface area contributed by atoms with Gasteiger partial charge in [0, 0.05) is 5.56 Å². The van der Waals surface area contributed by atoms with Crippen LogP contribution in [-0.2, 0) is 0 Å². The summed E-state index contributed by atoms with van der Waals surface area (Å²) >= 11 is 0. The van der Waals surface area contributed by atoms with Crippen molar-refractivity contribution in [3.8, 4) is 5.75 Å². The largest absolute Gasteiger partial charge is 0.490 e. The molecule has 76 valence electrons. The summed E-state index contributed by atoms with van der Waals surface area (Å²) in [5.41, 5.74) is 12.6. The van der Waals surface area contributed by atoms with Gasteiger partial charge in [-0.25, -0.2) is 0 Å². The lowest BCUT2D eigenvalue weighted by atomic mass is 10.1. The van der Waals surface area contributed by atoms with E-state index in [1.54, 1.807) is 12.1 Å². The molecule has 0 aliphatic heterocycles. The molecule has 0 radical (unpaired) electrons. The highest BCUT2D eigenvalue weighted by Crippen LogP contribution is 2.32. The molecule has 0 saturated heterocycles. The van der Waals surface area contributed by atoms with E-state index in [-0.39, 0.29) is 5.78 Å². The van der Waals surface area contributed by atoms with Gasteiger partial charge in [-0.05, 0) is 26.0 Å². The number of carbonyl (C=O) groups is 1. The van der Waals surface area contributed by atoms with Gasteiger partial charge in [-0.1, -0.05) is 0 Å². The quantitative estimate of drug-likeness (QED) is 0.564. The van der Waals surface area contributed by atoms with Crippen LogP contribution in [-0.4, -0.2) is 12.4 Å². The number of hydrogen-bond acceptors (Lipinski definition) is 4. The van der Waals surface area contributed by atoms with Crippen molar-refractivity contribution in [1.82, 2.24) is 0 Å². The normalized spacial score (nSPS) is 9.86. The smallest absolute Gasteiger partial charge is 0.165 e. The van der Waals surface area contributed by atoms with Gasteiger partial charge < -0.3 is 16.2 Å². The third kappa shape index (κ3) is 1.79. The van der Waals surface area contributed by atoms with Crippen molar-refractivity contribution in [2.75, 3.05) is 18.1 Å². The molecule has 1 rings (SSSR count). The number of benzene rings is 1. The Labute approximate surface area is 82.8 Å². The van der Waals surface area contributed by atoms with Crippen LogP contribution in [0.15, 0.2) is 12.1 Å². The molecule has 0 unspecified atom stereocenters. The van der Waals surface area contributed by atoms with Crippen molar-refractivity contribution < 1.29 is 9.53 Å². The number of hydrogen-bond donors (Lipinski definition) is 2. The Morgan fingerprint density at radius 2 is 2.07 bits per heavy atom. The molecule has 0 bridgehead atoms. The summed E-state index contributed by atoms with van der Waals surface area (Å²) in [6.07, 6.45) is 0. The molecule has 14 heavy (non-hydrogen) atoms. The number of ketones is 1. The predicted octanol–water partition coefficient (Wildman–Crippen LogP) is 1.45. The van der Waals surface area contributed by atoms with E-state index in [4.69, 9.17) is 16.2 Å². The molecule has 1 aromatic rings. The van der Waals surface area contributed by atoms with E-state index in [2.05, 4.69) is 0 Å². The lowest BCUT2D eigenvalue weighted by Gasteiger charge is -2.11. The molecule has 0 atom stereocenters. The fraction of sp³-hybridized carbons (Fsp3) is 0.300. The minimum Gasteiger partial charge on any atom is -0.490 e. The molecule has 0 aliphatic rings. The van der Waals surface area contributed by atoms with Gasteiger partial charge >= 0.3 is 0 Å². The lowest BCUT2D eigenvalue weighted by molar-refractivity contribution is 0.101. The van der Waals surface area contributed by atoms with Gasteiger partial charge in [-0.2, -0.15) is 0 Å². The third-order valence-electron chi connectivity index (χ3n) is 1.89. The van der Waals surface area contributed by atoms with Crippen LogP contribution in [0.25, 0.3) is 0 Å². The first-order valence-electron chi connectivity index (χ1n) is 4.39. The Bertz CT molecular complexity index is 361. The lowest BCUT2D eigenvalue weighted by Crippen LogP contribution is -2.06. The molecule has 4 nitrogen and oxygen atoms in total. The second kappa shape index (κ2) is 4.00. The third-order valence-corrected chi connectivity index (χ3v) is 1.89. The van der Waals surface area contributed by atoms with E-state index < -0.39 is 0 Å². The predicted molar refractivity (Wildman–Crippen MR) is 56.4 cm³/mol. The Morgan fingerprint density at radius 3 is 2.57 bits per heavy atom. The molecular formula is C10H14N2O2. The minimum atomic E-state index is -0.0940. The van der Waals surface area contributed by atoms with Crippen molar-refractivity contribution in [3.63, 3.8) is 0 Å². The van der Waals surface area contributed by atoms with E-state index in [9.17, 15) is 4.79 Å². The van der Waals surface area contributed by atoms with Gasteiger partial charge in [-0.3, -0.25) is 4.79 Å². The Kier molecular flexibility index (Phi) is 2.96. The van der Waals surface area contributed by atoms with Crippen LogP contribution in [0.5, 0.6) is 5.75 Å². The first kappa shape index (κ1) is 10.4. The van der Waals surface area contributed by atoms with Gasteiger partial charge in [0.15, 0.2) is 11.5 Å². The van der Waals surface area contributed by atoms with Crippen LogP contribution >= 0.6 is 0 Å². The summed E-state index contributed by atoms with van der Waals surface area (Å²) in [5.74, 6) is 0.309. The summed E-state index contributed by atoms with van der Waals surface area (Å²) in [7, 11) is 0. The van der Waals surface area contributed by atoms with Crippen molar-refractivity contribution in [1.29, 1.82) is 0 Å². The fourth-order valence-electron chi connectivity index (χ4n) is 1.23. The van der Waals surface area contributed by atoms with Crippen LogP contribution in [0.4, 0.5) is 11.4 Å². The number of Topliss-reactive ketones (excluding diaryl/α,β-unsaturated/α-hetero) is 1. The highest BCUT2D eigenvalue weighted by Gasteiger charge is 2.12. The zero-order valence-electron chi connectivity index (χ0n) is 8.33. The Morgan fingerprint density at radius 1 is 1.43 bits per heavy atom. The second-order valence-corrected chi connectivity index (χ2v) is 2.93. The van der Waals surface area contributed by atoms with Crippen molar-refractivity contribution in [3.05, 3.63) is 17.7 Å². The molecule has 0 heterocycles. The van der Waals surface area contributed by atoms with Crippen LogP contribution in [0.2, 0.25) is 0 Å². The summed E-state index contributed by atoms with van der Waals surface area (Å²) in [4.78, 5) is 11.2. The molecule has 4 heteroatoms. The van der Waals surface area contributed by atoms with E-state index >= 15 is 0 Å². The molecule has 0 aliphatic carbocycles. The zero-order chi connectivity index (χ0) is 10.7. The van der Waals surface area contributed by atoms with E-state index in [0.717, 1.165) is 0 Å². The van der Waals surface area contributed by atoms with Crippen LogP contribution in [0, 0.1) is 0 Å². The van der Waals surface area contributed by atoms with Crippen molar-refractivity contribution in [2.24, 2.45) is 0 Å². The maximum Gasteiger partial charge on any atom is 0.165 e. The van der Waals surface area contributed by atoms with Gasteiger partial charge in [0.2, 0.25) is 0 Å². The summed E-state index contributed by atoms with van der Waals surface area (Å²) in [5, 5.41) is 0. The highest BCUT2D eigenvalue weighted by molar-refractivity contribution is 6.01. The minimum absolute atomic E-state index is 0.0940. The zero-order valence-corrected chi connectivity index (χ0v) is 8.33.